The third-order valence-corrected chi connectivity index (χ3v) is 4.18. The molecule has 4 nitrogen and oxygen atoms in total. The van der Waals surface area contributed by atoms with E-state index in [4.69, 9.17) is 0 Å². The highest BCUT2D eigenvalue weighted by Crippen LogP contribution is 2.16. The molecule has 0 amide bonds. The Labute approximate surface area is 121 Å². The van der Waals surface area contributed by atoms with E-state index in [0.29, 0.717) is 6.42 Å². The molecule has 110 valence electrons. The Morgan fingerprint density at radius 3 is 2.45 bits per heavy atom. The second kappa shape index (κ2) is 6.37. The number of carboxylic acids is 1. The molecule has 1 fully saturated rings. The summed E-state index contributed by atoms with van der Waals surface area (Å²) >= 11 is 0. The summed E-state index contributed by atoms with van der Waals surface area (Å²) in [5.74, 6) is -0.713. The van der Waals surface area contributed by atoms with Crippen LogP contribution >= 0.6 is 0 Å². The Balaban J connectivity index is 2.11. The monoisotopic (exact) mass is 276 g/mol. The third-order valence-electron chi connectivity index (χ3n) is 4.18. The van der Waals surface area contributed by atoms with Gasteiger partial charge in [-0.1, -0.05) is 23.8 Å². The second-order valence-corrected chi connectivity index (χ2v) is 5.83. The first kappa shape index (κ1) is 15.0. The minimum atomic E-state index is -0.713. The van der Waals surface area contributed by atoms with Gasteiger partial charge in [0, 0.05) is 26.2 Å². The number of likely N-dealkylation sites (N-methyl/N-ethyl adjacent to an activating group) is 1. The van der Waals surface area contributed by atoms with E-state index < -0.39 is 12.0 Å². The maximum atomic E-state index is 11.6. The zero-order valence-electron chi connectivity index (χ0n) is 12.6. The van der Waals surface area contributed by atoms with Gasteiger partial charge < -0.3 is 10.0 Å². The molecular formula is C16H24N2O2. The lowest BCUT2D eigenvalue weighted by Gasteiger charge is -2.36. The fraction of sp³-hybridized carbons (Fsp3) is 0.562. The summed E-state index contributed by atoms with van der Waals surface area (Å²) in [5.41, 5.74) is 3.55. The number of piperazine rings is 1. The number of hydrogen-bond acceptors (Lipinski definition) is 3. The Morgan fingerprint density at radius 2 is 1.90 bits per heavy atom. The van der Waals surface area contributed by atoms with E-state index in [0.717, 1.165) is 31.7 Å². The van der Waals surface area contributed by atoms with Gasteiger partial charge in [-0.05, 0) is 38.4 Å². The van der Waals surface area contributed by atoms with Crippen molar-refractivity contribution in [2.75, 3.05) is 33.2 Å². The van der Waals surface area contributed by atoms with Crippen LogP contribution in [0.15, 0.2) is 18.2 Å². The number of benzene rings is 1. The van der Waals surface area contributed by atoms with Crippen molar-refractivity contribution in [3.8, 4) is 0 Å². The molecule has 1 saturated heterocycles. The van der Waals surface area contributed by atoms with Crippen LogP contribution in [0.1, 0.15) is 16.7 Å². The van der Waals surface area contributed by atoms with Gasteiger partial charge in [0.2, 0.25) is 0 Å². The molecule has 1 N–H and O–H groups in total. The first-order valence-electron chi connectivity index (χ1n) is 7.19. The predicted octanol–water partition coefficient (Wildman–Crippen LogP) is 1.55. The van der Waals surface area contributed by atoms with E-state index in [1.165, 1.54) is 11.1 Å². The molecule has 1 heterocycles. The zero-order chi connectivity index (χ0) is 14.7. The van der Waals surface area contributed by atoms with Gasteiger partial charge in [0.05, 0.1) is 0 Å². The van der Waals surface area contributed by atoms with E-state index in [1.54, 1.807) is 0 Å². The van der Waals surface area contributed by atoms with Gasteiger partial charge in [0.15, 0.2) is 0 Å². The maximum absolute atomic E-state index is 11.6. The van der Waals surface area contributed by atoms with Crippen molar-refractivity contribution in [3.63, 3.8) is 0 Å². The van der Waals surface area contributed by atoms with Gasteiger partial charge in [-0.25, -0.2) is 0 Å². The molecule has 1 aromatic carbocycles. The first-order chi connectivity index (χ1) is 9.47. The molecular weight excluding hydrogens is 252 g/mol. The largest absolute Gasteiger partial charge is 0.480 e. The van der Waals surface area contributed by atoms with E-state index in [2.05, 4.69) is 48.9 Å². The molecule has 20 heavy (non-hydrogen) atoms. The lowest BCUT2D eigenvalue weighted by atomic mass is 9.98. The van der Waals surface area contributed by atoms with Crippen LogP contribution in [-0.4, -0.2) is 60.1 Å². The summed E-state index contributed by atoms with van der Waals surface area (Å²) < 4.78 is 0. The van der Waals surface area contributed by atoms with Crippen molar-refractivity contribution in [3.05, 3.63) is 34.9 Å². The molecule has 0 aliphatic carbocycles. The fourth-order valence-electron chi connectivity index (χ4n) is 2.79. The molecule has 1 aromatic rings. The maximum Gasteiger partial charge on any atom is 0.321 e. The molecule has 0 saturated carbocycles. The first-order valence-corrected chi connectivity index (χ1v) is 7.19. The van der Waals surface area contributed by atoms with Crippen LogP contribution in [0.25, 0.3) is 0 Å². The molecule has 0 bridgehead atoms. The predicted molar refractivity (Wildman–Crippen MR) is 80.1 cm³/mol. The van der Waals surface area contributed by atoms with Gasteiger partial charge in [0.25, 0.3) is 0 Å². The fourth-order valence-corrected chi connectivity index (χ4v) is 2.79. The average Bonchev–Trinajstić information content (AvgIpc) is 2.39. The zero-order valence-corrected chi connectivity index (χ0v) is 12.6. The van der Waals surface area contributed by atoms with Gasteiger partial charge in [0.1, 0.15) is 6.04 Å². The van der Waals surface area contributed by atoms with Crippen molar-refractivity contribution >= 4 is 5.97 Å². The van der Waals surface area contributed by atoms with Crippen LogP contribution in [0.2, 0.25) is 0 Å². The van der Waals surface area contributed by atoms with Crippen molar-refractivity contribution in [1.29, 1.82) is 0 Å². The summed E-state index contributed by atoms with van der Waals surface area (Å²) in [6.07, 6.45) is 0.588. The topological polar surface area (TPSA) is 43.8 Å². The number of carboxylic acid groups (broad SMARTS) is 1. The minimum Gasteiger partial charge on any atom is -0.480 e. The van der Waals surface area contributed by atoms with E-state index in [-0.39, 0.29) is 0 Å². The van der Waals surface area contributed by atoms with Gasteiger partial charge in [-0.3, -0.25) is 9.69 Å². The van der Waals surface area contributed by atoms with Crippen LogP contribution in [0.5, 0.6) is 0 Å². The van der Waals surface area contributed by atoms with Crippen LogP contribution < -0.4 is 0 Å². The standard InChI is InChI=1S/C16H24N2O2/c1-12-4-5-14(13(2)10-12)11-15(16(19)20)18-8-6-17(3)7-9-18/h4-5,10,15H,6-9,11H2,1-3H3,(H,19,20)/t15-/m1/s1. The Hall–Kier alpha value is -1.39. The Kier molecular flexibility index (Phi) is 4.78. The van der Waals surface area contributed by atoms with Crippen LogP contribution in [0, 0.1) is 13.8 Å². The normalized spacial score (nSPS) is 18.9. The van der Waals surface area contributed by atoms with Gasteiger partial charge in [-0.2, -0.15) is 0 Å². The highest BCUT2D eigenvalue weighted by molar-refractivity contribution is 5.74. The van der Waals surface area contributed by atoms with Crippen molar-refractivity contribution in [2.24, 2.45) is 0 Å². The number of hydrogen-bond donors (Lipinski definition) is 1. The number of rotatable bonds is 4. The molecule has 1 aliphatic rings. The summed E-state index contributed by atoms with van der Waals surface area (Å²) in [4.78, 5) is 15.9. The molecule has 0 unspecified atom stereocenters. The molecule has 0 radical (unpaired) electrons. The number of nitrogens with zero attached hydrogens (tertiary/aromatic N) is 2. The minimum absolute atomic E-state index is 0.412. The average molecular weight is 276 g/mol. The molecule has 1 atom stereocenters. The van der Waals surface area contributed by atoms with Crippen molar-refractivity contribution in [1.82, 2.24) is 9.80 Å². The smallest absolute Gasteiger partial charge is 0.321 e. The highest BCUT2D eigenvalue weighted by atomic mass is 16.4. The quantitative estimate of drug-likeness (QED) is 0.906. The van der Waals surface area contributed by atoms with Crippen molar-refractivity contribution in [2.45, 2.75) is 26.3 Å². The second-order valence-electron chi connectivity index (χ2n) is 5.83. The number of aliphatic carboxylic acids is 1. The summed E-state index contributed by atoms with van der Waals surface area (Å²) in [7, 11) is 2.08. The van der Waals surface area contributed by atoms with Crippen LogP contribution in [-0.2, 0) is 11.2 Å². The number of aryl methyl sites for hydroxylation is 2. The van der Waals surface area contributed by atoms with Crippen LogP contribution in [0.4, 0.5) is 0 Å². The van der Waals surface area contributed by atoms with Crippen LogP contribution in [0.3, 0.4) is 0 Å². The van der Waals surface area contributed by atoms with Crippen molar-refractivity contribution < 1.29 is 9.90 Å². The Bertz CT molecular complexity index is 479. The molecule has 1 aliphatic heterocycles. The summed E-state index contributed by atoms with van der Waals surface area (Å²) in [6.45, 7) is 7.67. The molecule has 2 rings (SSSR count). The van der Waals surface area contributed by atoms with Gasteiger partial charge in [-0.15, -0.1) is 0 Å². The number of carbonyl (C=O) groups is 1. The van der Waals surface area contributed by atoms with Gasteiger partial charge >= 0.3 is 5.97 Å². The SMILES string of the molecule is Cc1ccc(C[C@H](C(=O)O)N2CCN(C)CC2)c(C)c1. The Morgan fingerprint density at radius 1 is 1.25 bits per heavy atom. The highest BCUT2D eigenvalue weighted by Gasteiger charge is 2.28. The third kappa shape index (κ3) is 3.58. The molecule has 4 heteroatoms. The lowest BCUT2D eigenvalue weighted by molar-refractivity contribution is -0.144. The molecule has 0 spiro atoms. The van der Waals surface area contributed by atoms with E-state index in [1.807, 2.05) is 0 Å². The van der Waals surface area contributed by atoms with E-state index >= 15 is 0 Å². The van der Waals surface area contributed by atoms with E-state index in [9.17, 15) is 9.90 Å². The summed E-state index contributed by atoms with van der Waals surface area (Å²) in [5, 5.41) is 9.54. The molecule has 0 aromatic heterocycles. The lowest BCUT2D eigenvalue weighted by Crippen LogP contribution is -2.52. The summed E-state index contributed by atoms with van der Waals surface area (Å²) in [6, 6.07) is 5.84.